The smallest absolute Gasteiger partial charge is 0.329 e. The van der Waals surface area contributed by atoms with E-state index in [1.54, 1.807) is 0 Å². The van der Waals surface area contributed by atoms with Crippen molar-refractivity contribution in [3.8, 4) is 0 Å². The first-order chi connectivity index (χ1) is 10.9. The SMILES string of the molecule is CCc1ccc(NC(=O)CCCc2noc(C(F)(F)F)n2)cc1. The van der Waals surface area contributed by atoms with E-state index in [1.165, 1.54) is 5.56 Å². The highest BCUT2D eigenvalue weighted by Gasteiger charge is 2.38. The number of hydrogen-bond donors (Lipinski definition) is 1. The monoisotopic (exact) mass is 327 g/mol. The molecule has 2 rings (SSSR count). The Bertz CT molecular complexity index is 651. The van der Waals surface area contributed by atoms with Crippen LogP contribution in [0.5, 0.6) is 0 Å². The molecular weight excluding hydrogens is 311 g/mol. The highest BCUT2D eigenvalue weighted by atomic mass is 19.4. The summed E-state index contributed by atoms with van der Waals surface area (Å²) in [6.07, 6.45) is -3.10. The fraction of sp³-hybridized carbons (Fsp3) is 0.400. The van der Waals surface area contributed by atoms with Gasteiger partial charge in [0.2, 0.25) is 5.91 Å². The summed E-state index contributed by atoms with van der Waals surface area (Å²) in [6, 6.07) is 7.47. The highest BCUT2D eigenvalue weighted by molar-refractivity contribution is 5.90. The van der Waals surface area contributed by atoms with Gasteiger partial charge in [-0.15, -0.1) is 0 Å². The van der Waals surface area contributed by atoms with Gasteiger partial charge in [0.15, 0.2) is 5.82 Å². The van der Waals surface area contributed by atoms with E-state index in [0.717, 1.165) is 6.42 Å². The number of aromatic nitrogens is 2. The molecule has 5 nitrogen and oxygen atoms in total. The van der Waals surface area contributed by atoms with Crippen LogP contribution in [-0.2, 0) is 23.8 Å². The molecule has 0 atom stereocenters. The number of rotatable bonds is 6. The molecule has 0 saturated heterocycles. The molecule has 0 unspecified atom stereocenters. The Morgan fingerprint density at radius 3 is 2.52 bits per heavy atom. The maximum absolute atomic E-state index is 12.3. The third-order valence-corrected chi connectivity index (χ3v) is 3.16. The zero-order valence-corrected chi connectivity index (χ0v) is 12.5. The molecule has 0 aliphatic heterocycles. The number of carbonyl (C=O) groups is 1. The van der Waals surface area contributed by atoms with Crippen molar-refractivity contribution >= 4 is 11.6 Å². The predicted molar refractivity (Wildman–Crippen MR) is 76.7 cm³/mol. The average molecular weight is 327 g/mol. The van der Waals surface area contributed by atoms with Gasteiger partial charge in [-0.25, -0.2) is 0 Å². The molecule has 1 aromatic carbocycles. The molecule has 23 heavy (non-hydrogen) atoms. The molecular formula is C15H16F3N3O2. The van der Waals surface area contributed by atoms with Crippen LogP contribution in [0.2, 0.25) is 0 Å². The van der Waals surface area contributed by atoms with E-state index in [-0.39, 0.29) is 24.6 Å². The lowest BCUT2D eigenvalue weighted by Crippen LogP contribution is -2.11. The summed E-state index contributed by atoms with van der Waals surface area (Å²) in [5, 5.41) is 5.97. The van der Waals surface area contributed by atoms with Gasteiger partial charge in [-0.05, 0) is 30.5 Å². The van der Waals surface area contributed by atoms with E-state index in [0.29, 0.717) is 12.1 Å². The Morgan fingerprint density at radius 2 is 1.96 bits per heavy atom. The first-order valence-corrected chi connectivity index (χ1v) is 7.17. The van der Waals surface area contributed by atoms with Crippen LogP contribution in [-0.4, -0.2) is 16.0 Å². The van der Waals surface area contributed by atoms with Gasteiger partial charge in [-0.1, -0.05) is 24.2 Å². The van der Waals surface area contributed by atoms with E-state index in [9.17, 15) is 18.0 Å². The van der Waals surface area contributed by atoms with Crippen LogP contribution in [0, 0.1) is 0 Å². The summed E-state index contributed by atoms with van der Waals surface area (Å²) < 4.78 is 41.0. The summed E-state index contributed by atoms with van der Waals surface area (Å²) in [7, 11) is 0. The van der Waals surface area contributed by atoms with Gasteiger partial charge in [0, 0.05) is 18.5 Å². The second-order valence-electron chi connectivity index (χ2n) is 4.97. The third kappa shape index (κ3) is 5.08. The quantitative estimate of drug-likeness (QED) is 0.880. The molecule has 1 heterocycles. The zero-order valence-electron chi connectivity index (χ0n) is 12.5. The molecule has 124 valence electrons. The van der Waals surface area contributed by atoms with Crippen molar-refractivity contribution in [2.75, 3.05) is 5.32 Å². The number of halogens is 3. The van der Waals surface area contributed by atoms with Crippen LogP contribution in [0.3, 0.4) is 0 Å². The van der Waals surface area contributed by atoms with Crippen molar-refractivity contribution in [2.24, 2.45) is 0 Å². The minimum atomic E-state index is -4.65. The largest absolute Gasteiger partial charge is 0.471 e. The Kier molecular flexibility index (Phi) is 5.36. The number of anilines is 1. The molecule has 0 radical (unpaired) electrons. The lowest BCUT2D eigenvalue weighted by molar-refractivity contribution is -0.159. The molecule has 8 heteroatoms. The Hall–Kier alpha value is -2.38. The molecule has 1 amide bonds. The van der Waals surface area contributed by atoms with Crippen LogP contribution in [0.1, 0.15) is 37.0 Å². The van der Waals surface area contributed by atoms with Gasteiger partial charge in [0.05, 0.1) is 0 Å². The number of amides is 1. The van der Waals surface area contributed by atoms with Crippen molar-refractivity contribution in [2.45, 2.75) is 38.8 Å². The molecule has 0 bridgehead atoms. The molecule has 0 fully saturated rings. The Morgan fingerprint density at radius 1 is 1.26 bits per heavy atom. The van der Waals surface area contributed by atoms with Crippen molar-refractivity contribution < 1.29 is 22.5 Å². The number of hydrogen-bond acceptors (Lipinski definition) is 4. The summed E-state index contributed by atoms with van der Waals surface area (Å²) in [4.78, 5) is 15.0. The summed E-state index contributed by atoms with van der Waals surface area (Å²) in [5.74, 6) is -1.64. The number of alkyl halides is 3. The third-order valence-electron chi connectivity index (χ3n) is 3.16. The predicted octanol–water partition coefficient (Wildman–Crippen LogP) is 3.61. The maximum Gasteiger partial charge on any atom is 0.471 e. The second kappa shape index (κ2) is 7.26. The molecule has 0 aliphatic carbocycles. The number of carbonyl (C=O) groups excluding carboxylic acids is 1. The summed E-state index contributed by atoms with van der Waals surface area (Å²) >= 11 is 0. The maximum atomic E-state index is 12.3. The molecule has 0 aliphatic rings. The van der Waals surface area contributed by atoms with Gasteiger partial charge >= 0.3 is 12.1 Å². The second-order valence-corrected chi connectivity index (χ2v) is 4.97. The van der Waals surface area contributed by atoms with Crippen LogP contribution in [0.25, 0.3) is 0 Å². The van der Waals surface area contributed by atoms with Crippen molar-refractivity contribution in [1.82, 2.24) is 10.1 Å². The number of nitrogens with one attached hydrogen (secondary N) is 1. The van der Waals surface area contributed by atoms with Crippen LogP contribution in [0.4, 0.5) is 18.9 Å². The lowest BCUT2D eigenvalue weighted by atomic mass is 10.1. The topological polar surface area (TPSA) is 68.0 Å². The normalized spacial score (nSPS) is 11.5. The molecule has 0 saturated carbocycles. The summed E-state index contributed by atoms with van der Waals surface area (Å²) in [6.45, 7) is 2.04. The standard InChI is InChI=1S/C15H16F3N3O2/c1-2-10-6-8-11(9-7-10)19-13(22)5-3-4-12-20-14(23-21-12)15(16,17)18/h6-9H,2-5H2,1H3,(H,19,22). The first kappa shape index (κ1) is 17.0. The van der Waals surface area contributed by atoms with E-state index in [2.05, 4.69) is 20.0 Å². The lowest BCUT2D eigenvalue weighted by Gasteiger charge is -2.05. The first-order valence-electron chi connectivity index (χ1n) is 7.17. The highest BCUT2D eigenvalue weighted by Crippen LogP contribution is 2.27. The minimum Gasteiger partial charge on any atom is -0.329 e. The summed E-state index contributed by atoms with van der Waals surface area (Å²) in [5.41, 5.74) is 1.85. The van der Waals surface area contributed by atoms with Gasteiger partial charge in [-0.2, -0.15) is 18.2 Å². The van der Waals surface area contributed by atoms with Crippen LogP contribution >= 0.6 is 0 Å². The van der Waals surface area contributed by atoms with Crippen molar-refractivity contribution in [1.29, 1.82) is 0 Å². The fourth-order valence-electron chi connectivity index (χ4n) is 1.92. The fourth-order valence-corrected chi connectivity index (χ4v) is 1.92. The van der Waals surface area contributed by atoms with Crippen molar-refractivity contribution in [3.63, 3.8) is 0 Å². The van der Waals surface area contributed by atoms with Crippen LogP contribution < -0.4 is 5.32 Å². The molecule has 1 N–H and O–H groups in total. The molecule has 1 aromatic heterocycles. The van der Waals surface area contributed by atoms with E-state index in [1.807, 2.05) is 31.2 Å². The average Bonchev–Trinajstić information content (AvgIpc) is 2.97. The van der Waals surface area contributed by atoms with E-state index in [4.69, 9.17) is 0 Å². The van der Waals surface area contributed by atoms with Crippen LogP contribution in [0.15, 0.2) is 28.8 Å². The Balaban J connectivity index is 1.77. The number of aryl methyl sites for hydroxylation is 2. The van der Waals surface area contributed by atoms with E-state index >= 15 is 0 Å². The van der Waals surface area contributed by atoms with Gasteiger partial charge in [-0.3, -0.25) is 4.79 Å². The van der Waals surface area contributed by atoms with Gasteiger partial charge in [0.25, 0.3) is 0 Å². The van der Waals surface area contributed by atoms with E-state index < -0.39 is 12.1 Å². The van der Waals surface area contributed by atoms with Gasteiger partial charge in [0.1, 0.15) is 0 Å². The zero-order chi connectivity index (χ0) is 16.9. The van der Waals surface area contributed by atoms with Gasteiger partial charge < -0.3 is 9.84 Å². The minimum absolute atomic E-state index is 0.0579. The number of nitrogens with zero attached hydrogens (tertiary/aromatic N) is 2. The molecule has 2 aromatic rings. The number of benzene rings is 1. The Labute approximate surface area is 130 Å². The molecule has 0 spiro atoms. The van der Waals surface area contributed by atoms with Crippen molar-refractivity contribution in [3.05, 3.63) is 41.5 Å².